The molecule has 1 aliphatic heterocycles. The third-order valence-electron chi connectivity index (χ3n) is 3.51. The smallest absolute Gasteiger partial charge is 0.273 e. The van der Waals surface area contributed by atoms with Crippen molar-refractivity contribution < 1.29 is 19.0 Å². The molecule has 2 aromatic carbocycles. The lowest BCUT2D eigenvalue weighted by molar-refractivity contribution is -0.355. The highest BCUT2D eigenvalue weighted by atomic mass is 35.5. The van der Waals surface area contributed by atoms with Crippen LogP contribution in [0.25, 0.3) is 0 Å². The molecule has 5 nitrogen and oxygen atoms in total. The Morgan fingerprint density at radius 1 is 1.09 bits per heavy atom. The lowest BCUT2D eigenvalue weighted by Gasteiger charge is -2.09. The van der Waals surface area contributed by atoms with Crippen LogP contribution >= 0.6 is 11.6 Å². The third-order valence-corrected chi connectivity index (χ3v) is 3.81. The molecule has 0 aliphatic carbocycles. The van der Waals surface area contributed by atoms with E-state index in [-0.39, 0.29) is 22.2 Å². The van der Waals surface area contributed by atoms with E-state index in [0.717, 1.165) is 0 Å². The van der Waals surface area contributed by atoms with Crippen LogP contribution in [0.5, 0.6) is 11.5 Å². The Labute approximate surface area is 131 Å². The maximum absolute atomic E-state index is 12.5. The number of ketones is 1. The molecule has 0 spiro atoms. The number of nitrogens with zero attached hydrogens (tertiary/aromatic N) is 1. The molecule has 0 N–H and O–H groups in total. The molecule has 112 valence electrons. The monoisotopic (exact) mass is 317 g/mol. The summed E-state index contributed by atoms with van der Waals surface area (Å²) in [6, 6.07) is 9.69. The van der Waals surface area contributed by atoms with E-state index in [0.29, 0.717) is 27.4 Å². The Hall–Kier alpha value is -2.53. The number of halogens is 1. The number of benzene rings is 2. The van der Waals surface area contributed by atoms with E-state index < -0.39 is 0 Å². The van der Waals surface area contributed by atoms with Crippen LogP contribution in [0.1, 0.15) is 15.9 Å². The quantitative estimate of drug-likeness (QED) is 0.644. The van der Waals surface area contributed by atoms with Gasteiger partial charge < -0.3 is 14.7 Å². The molecule has 0 saturated carbocycles. The van der Waals surface area contributed by atoms with Gasteiger partial charge in [-0.05, 0) is 30.3 Å². The zero-order valence-corrected chi connectivity index (χ0v) is 12.7. The predicted octanol–water partition coefficient (Wildman–Crippen LogP) is 3.18. The van der Waals surface area contributed by atoms with Gasteiger partial charge in [0.15, 0.2) is 11.5 Å². The molecule has 0 fully saturated rings. The van der Waals surface area contributed by atoms with Crippen molar-refractivity contribution >= 4 is 28.8 Å². The van der Waals surface area contributed by atoms with E-state index in [4.69, 9.17) is 21.1 Å². The van der Waals surface area contributed by atoms with Crippen LogP contribution in [0.3, 0.4) is 0 Å². The van der Waals surface area contributed by atoms with E-state index in [9.17, 15) is 10.0 Å². The maximum Gasteiger partial charge on any atom is 0.273 e. The molecule has 22 heavy (non-hydrogen) atoms. The number of ether oxygens (including phenoxy) is 2. The van der Waals surface area contributed by atoms with Crippen molar-refractivity contribution in [3.63, 3.8) is 0 Å². The number of hydrogen-bond acceptors (Lipinski definition) is 4. The summed E-state index contributed by atoms with van der Waals surface area (Å²) in [7, 11) is 3.00. The molecule has 2 aromatic rings. The first-order valence-electron chi connectivity index (χ1n) is 6.48. The highest BCUT2D eigenvalue weighted by Gasteiger charge is 2.38. The van der Waals surface area contributed by atoms with Crippen molar-refractivity contribution in [3.05, 3.63) is 57.8 Å². The average molecular weight is 318 g/mol. The van der Waals surface area contributed by atoms with Gasteiger partial charge in [0.05, 0.1) is 19.8 Å². The topological polar surface area (TPSA) is 61.6 Å². The number of fused-ring (bicyclic) bond motifs is 1. The van der Waals surface area contributed by atoms with Crippen molar-refractivity contribution in [2.75, 3.05) is 14.2 Å². The number of rotatable bonds is 3. The number of para-hydroxylation sites is 1. The van der Waals surface area contributed by atoms with E-state index in [2.05, 4.69) is 0 Å². The Bertz CT molecular complexity index is 814. The number of Topliss-reactive ketones (excluding diaryl/α,β-unsaturated/α-hetero) is 1. The van der Waals surface area contributed by atoms with Gasteiger partial charge in [0.2, 0.25) is 5.69 Å². The van der Waals surface area contributed by atoms with E-state index in [1.807, 2.05) is 0 Å². The van der Waals surface area contributed by atoms with E-state index >= 15 is 0 Å². The zero-order chi connectivity index (χ0) is 15.9. The standard InChI is InChI=1S/C16H12ClNO4/c1-21-12-7-6-9(8-13(12)22-2)14-16(19)10-4-3-5-11(17)15(10)18(14)20/h3-8H,1-2H3. The maximum atomic E-state index is 12.5. The fourth-order valence-corrected chi connectivity index (χ4v) is 2.72. The summed E-state index contributed by atoms with van der Waals surface area (Å²) < 4.78 is 10.9. The molecule has 1 heterocycles. The third kappa shape index (κ3) is 2.02. The van der Waals surface area contributed by atoms with Gasteiger partial charge in [-0.1, -0.05) is 17.7 Å². The largest absolute Gasteiger partial charge is 0.618 e. The van der Waals surface area contributed by atoms with Crippen LogP contribution in [0.2, 0.25) is 5.02 Å². The molecule has 0 bridgehead atoms. The molecule has 1 aliphatic rings. The summed E-state index contributed by atoms with van der Waals surface area (Å²) in [5.74, 6) is 0.598. The van der Waals surface area contributed by atoms with Crippen molar-refractivity contribution in [1.29, 1.82) is 0 Å². The lowest BCUT2D eigenvalue weighted by atomic mass is 10.0. The first-order chi connectivity index (χ1) is 10.6. The Kier molecular flexibility index (Phi) is 3.50. The molecule has 0 aromatic heterocycles. The molecule has 0 radical (unpaired) electrons. The first-order valence-corrected chi connectivity index (χ1v) is 6.86. The van der Waals surface area contributed by atoms with Gasteiger partial charge in [-0.25, -0.2) is 0 Å². The Morgan fingerprint density at radius 2 is 1.82 bits per heavy atom. The summed E-state index contributed by atoms with van der Waals surface area (Å²) in [5, 5.41) is 12.7. The second kappa shape index (κ2) is 5.35. The molecule has 0 atom stereocenters. The van der Waals surface area contributed by atoms with Gasteiger partial charge >= 0.3 is 0 Å². The number of carbonyl (C=O) groups excluding carboxylic acids is 1. The fourth-order valence-electron chi connectivity index (χ4n) is 2.47. The SMILES string of the molecule is COc1ccc(C2=[N+]([O-])c3c(Cl)cccc3C2=O)cc1OC. The van der Waals surface area contributed by atoms with Crippen molar-refractivity contribution in [1.82, 2.24) is 0 Å². The molecule has 0 saturated heterocycles. The van der Waals surface area contributed by atoms with Crippen molar-refractivity contribution in [2.24, 2.45) is 0 Å². The summed E-state index contributed by atoms with van der Waals surface area (Å²) in [5.41, 5.74) is 0.945. The second-order valence-corrected chi connectivity index (χ2v) is 5.09. The highest BCUT2D eigenvalue weighted by Crippen LogP contribution is 2.36. The molecule has 3 rings (SSSR count). The summed E-state index contributed by atoms with van der Waals surface area (Å²) in [4.78, 5) is 12.5. The van der Waals surface area contributed by atoms with Crippen molar-refractivity contribution in [2.45, 2.75) is 0 Å². The van der Waals surface area contributed by atoms with Gasteiger partial charge in [0.25, 0.3) is 11.5 Å². The zero-order valence-electron chi connectivity index (χ0n) is 11.9. The number of hydrogen-bond donors (Lipinski definition) is 0. The fraction of sp³-hybridized carbons (Fsp3) is 0.125. The molecular weight excluding hydrogens is 306 g/mol. The molecule has 6 heteroatoms. The van der Waals surface area contributed by atoms with Crippen LogP contribution < -0.4 is 9.47 Å². The molecule has 0 amide bonds. The van der Waals surface area contributed by atoms with Gasteiger partial charge in [-0.2, -0.15) is 4.74 Å². The van der Waals surface area contributed by atoms with Crippen LogP contribution in [-0.2, 0) is 0 Å². The molecule has 0 unspecified atom stereocenters. The Balaban J connectivity index is 2.18. The minimum absolute atomic E-state index is 0.0176. The number of methoxy groups -OCH3 is 2. The average Bonchev–Trinajstić information content (AvgIpc) is 2.79. The lowest BCUT2D eigenvalue weighted by Crippen LogP contribution is -2.16. The minimum Gasteiger partial charge on any atom is -0.618 e. The van der Waals surface area contributed by atoms with Gasteiger partial charge in [-0.3, -0.25) is 4.79 Å². The van der Waals surface area contributed by atoms with Crippen LogP contribution in [0.4, 0.5) is 5.69 Å². The summed E-state index contributed by atoms with van der Waals surface area (Å²) in [6.45, 7) is 0. The van der Waals surface area contributed by atoms with Gasteiger partial charge in [0, 0.05) is 0 Å². The number of carbonyl (C=O) groups is 1. The summed E-state index contributed by atoms with van der Waals surface area (Å²) >= 11 is 6.04. The van der Waals surface area contributed by atoms with Crippen molar-refractivity contribution in [3.8, 4) is 11.5 Å². The molecular formula is C16H12ClNO4. The van der Waals surface area contributed by atoms with Crippen LogP contribution in [0, 0.1) is 5.21 Å². The normalized spacial score (nSPS) is 13.3. The van der Waals surface area contributed by atoms with Crippen LogP contribution in [-0.4, -0.2) is 30.5 Å². The van der Waals surface area contributed by atoms with Crippen LogP contribution in [0.15, 0.2) is 36.4 Å². The predicted molar refractivity (Wildman–Crippen MR) is 82.7 cm³/mol. The Morgan fingerprint density at radius 3 is 2.45 bits per heavy atom. The van der Waals surface area contributed by atoms with Gasteiger partial charge in [-0.15, -0.1) is 0 Å². The highest BCUT2D eigenvalue weighted by molar-refractivity contribution is 6.53. The van der Waals surface area contributed by atoms with E-state index in [1.165, 1.54) is 14.2 Å². The van der Waals surface area contributed by atoms with Gasteiger partial charge in [0.1, 0.15) is 10.6 Å². The second-order valence-electron chi connectivity index (χ2n) is 4.68. The first kappa shape index (κ1) is 14.4. The summed E-state index contributed by atoms with van der Waals surface area (Å²) in [6.07, 6.45) is 0. The minimum atomic E-state index is -0.361. The van der Waals surface area contributed by atoms with E-state index in [1.54, 1.807) is 36.4 Å².